The molecule has 6 heteroatoms. The number of sulfonamides is 1. The number of benzene rings is 2. The Morgan fingerprint density at radius 2 is 1.88 bits per heavy atom. The zero-order valence-corrected chi connectivity index (χ0v) is 17.0. The van der Waals surface area contributed by atoms with Gasteiger partial charge in [0.25, 0.3) is 0 Å². The van der Waals surface area contributed by atoms with Gasteiger partial charge in [-0.15, -0.1) is 6.58 Å². The van der Waals surface area contributed by atoms with Gasteiger partial charge >= 0.3 is 0 Å². The Balaban J connectivity index is 2.55. The van der Waals surface area contributed by atoms with Gasteiger partial charge in [-0.05, 0) is 35.3 Å². The molecule has 3 nitrogen and oxygen atoms in total. The average Bonchev–Trinajstić information content (AvgIpc) is 2.57. The van der Waals surface area contributed by atoms with Gasteiger partial charge in [0.2, 0.25) is 10.0 Å². The molecule has 0 aliphatic rings. The van der Waals surface area contributed by atoms with Gasteiger partial charge in [-0.25, -0.2) is 8.42 Å². The molecule has 0 aliphatic heterocycles. The molecule has 2 aromatic carbocycles. The third-order valence-corrected chi connectivity index (χ3v) is 5.70. The molecule has 2 rings (SSSR count). The van der Waals surface area contributed by atoms with Gasteiger partial charge in [0.05, 0.1) is 12.8 Å². The van der Waals surface area contributed by atoms with Crippen molar-refractivity contribution < 1.29 is 8.42 Å². The maximum absolute atomic E-state index is 12.4. The highest BCUT2D eigenvalue weighted by molar-refractivity contribution is 9.10. The number of hydrogen-bond acceptors (Lipinski definition) is 2. The van der Waals surface area contributed by atoms with Crippen molar-refractivity contribution >= 4 is 43.1 Å². The first-order chi connectivity index (χ1) is 11.8. The number of nitrogens with zero attached hydrogens (tertiary/aromatic N) is 1. The van der Waals surface area contributed by atoms with Crippen LogP contribution in [0.3, 0.4) is 0 Å². The van der Waals surface area contributed by atoms with Crippen LogP contribution in [0.15, 0.2) is 76.9 Å². The molecule has 0 saturated heterocycles. The van der Waals surface area contributed by atoms with Gasteiger partial charge in [-0.2, -0.15) is 0 Å². The summed E-state index contributed by atoms with van der Waals surface area (Å²) in [7, 11) is -3.55. The molecule has 0 fully saturated rings. The van der Waals surface area contributed by atoms with E-state index in [1.165, 1.54) is 4.31 Å². The minimum atomic E-state index is -3.55. The van der Waals surface area contributed by atoms with Crippen LogP contribution in [0, 0.1) is 0 Å². The molecule has 132 valence electrons. The third-order valence-electron chi connectivity index (χ3n) is 3.56. The minimum absolute atomic E-state index is 0.174. The van der Waals surface area contributed by atoms with Gasteiger partial charge in [0.1, 0.15) is 5.16 Å². The van der Waals surface area contributed by atoms with Crippen LogP contribution in [-0.2, 0) is 16.6 Å². The quantitative estimate of drug-likeness (QED) is 0.427. The molecule has 0 amide bonds. The van der Waals surface area contributed by atoms with Crippen molar-refractivity contribution in [2.24, 2.45) is 0 Å². The Labute approximate surface area is 162 Å². The van der Waals surface area contributed by atoms with Crippen LogP contribution >= 0.6 is 27.5 Å². The van der Waals surface area contributed by atoms with Gasteiger partial charge in [0.15, 0.2) is 0 Å². The first kappa shape index (κ1) is 19.8. The Hall–Kier alpha value is -1.56. The average molecular weight is 441 g/mol. The summed E-state index contributed by atoms with van der Waals surface area (Å²) < 4.78 is 26.8. The highest BCUT2D eigenvalue weighted by Gasteiger charge is 2.22. The third kappa shape index (κ3) is 5.46. The molecule has 0 heterocycles. The summed E-state index contributed by atoms with van der Waals surface area (Å²) in [6.07, 6.45) is 3.32. The maximum atomic E-state index is 12.4. The summed E-state index contributed by atoms with van der Waals surface area (Å²) >= 11 is 10.0. The summed E-state index contributed by atoms with van der Waals surface area (Å²) in [5.41, 5.74) is 2.42. The van der Waals surface area contributed by atoms with Crippen LogP contribution in [0.4, 0.5) is 0 Å². The van der Waals surface area contributed by atoms with Crippen molar-refractivity contribution in [3.05, 3.63) is 88.0 Å². The molecule has 2 aromatic rings. The van der Waals surface area contributed by atoms with E-state index in [4.69, 9.17) is 11.6 Å². The van der Waals surface area contributed by atoms with E-state index < -0.39 is 10.0 Å². The van der Waals surface area contributed by atoms with Crippen LogP contribution in [0.2, 0.25) is 0 Å². The van der Waals surface area contributed by atoms with Crippen LogP contribution in [-0.4, -0.2) is 19.0 Å². The fraction of sp³-hybridized carbons (Fsp3) is 0.158. The molecule has 25 heavy (non-hydrogen) atoms. The van der Waals surface area contributed by atoms with Crippen LogP contribution in [0.1, 0.15) is 17.5 Å². The largest absolute Gasteiger partial charge is 0.255 e. The summed E-state index contributed by atoms with van der Waals surface area (Å²) in [6, 6.07) is 17.0. The molecule has 0 aliphatic carbocycles. The molecule has 0 N–H and O–H groups in total. The summed E-state index contributed by atoms with van der Waals surface area (Å²) in [5, 5.41) is 0.185. The van der Waals surface area contributed by atoms with Crippen LogP contribution in [0.5, 0.6) is 0 Å². The van der Waals surface area contributed by atoms with Crippen molar-refractivity contribution in [2.75, 3.05) is 6.26 Å². The lowest BCUT2D eigenvalue weighted by Crippen LogP contribution is -2.27. The second kappa shape index (κ2) is 8.70. The normalized spacial score (nSPS) is 12.4. The first-order valence-corrected chi connectivity index (χ1v) is 10.6. The lowest BCUT2D eigenvalue weighted by molar-refractivity contribution is 0.494. The maximum Gasteiger partial charge on any atom is 0.233 e. The highest BCUT2D eigenvalue weighted by Crippen LogP contribution is 2.31. The van der Waals surface area contributed by atoms with E-state index in [-0.39, 0.29) is 11.7 Å². The van der Waals surface area contributed by atoms with Crippen molar-refractivity contribution in [3.63, 3.8) is 0 Å². The monoisotopic (exact) mass is 439 g/mol. The van der Waals surface area contributed by atoms with E-state index in [9.17, 15) is 8.42 Å². The second-order valence-corrected chi connectivity index (χ2v) is 8.71. The van der Waals surface area contributed by atoms with Crippen molar-refractivity contribution in [1.82, 2.24) is 4.31 Å². The molecule has 0 spiro atoms. The fourth-order valence-electron chi connectivity index (χ4n) is 2.37. The smallest absolute Gasteiger partial charge is 0.233 e. The minimum Gasteiger partial charge on any atom is -0.255 e. The highest BCUT2D eigenvalue weighted by atomic mass is 79.9. The van der Waals surface area contributed by atoms with E-state index in [2.05, 4.69) is 22.5 Å². The SMILES string of the molecule is C=CC/C(=C(\Cl)N(Cc1ccccc1)S(C)(=O)=O)c1cccc(Br)c1. The summed E-state index contributed by atoms with van der Waals surface area (Å²) in [6.45, 7) is 3.94. The second-order valence-electron chi connectivity index (χ2n) is 5.53. The van der Waals surface area contributed by atoms with E-state index in [0.29, 0.717) is 12.0 Å². The van der Waals surface area contributed by atoms with E-state index in [0.717, 1.165) is 21.9 Å². The lowest BCUT2D eigenvalue weighted by atomic mass is 10.0. The Morgan fingerprint density at radius 3 is 2.44 bits per heavy atom. The number of allylic oxidation sites excluding steroid dienone is 2. The van der Waals surface area contributed by atoms with E-state index in [1.807, 2.05) is 54.6 Å². The zero-order valence-electron chi connectivity index (χ0n) is 13.8. The Morgan fingerprint density at radius 1 is 1.20 bits per heavy atom. The molecular weight excluding hydrogens is 422 g/mol. The van der Waals surface area contributed by atoms with Gasteiger partial charge in [-0.1, -0.05) is 76.1 Å². The van der Waals surface area contributed by atoms with Crippen molar-refractivity contribution in [3.8, 4) is 0 Å². The van der Waals surface area contributed by atoms with Gasteiger partial charge < -0.3 is 0 Å². The molecule has 0 radical (unpaired) electrons. The zero-order chi connectivity index (χ0) is 18.4. The molecule has 0 bridgehead atoms. The van der Waals surface area contributed by atoms with Gasteiger partial charge in [-0.3, -0.25) is 4.31 Å². The summed E-state index contributed by atoms with van der Waals surface area (Å²) in [5.74, 6) is 0. The van der Waals surface area contributed by atoms with Crippen LogP contribution < -0.4 is 0 Å². The topological polar surface area (TPSA) is 37.4 Å². The summed E-state index contributed by atoms with van der Waals surface area (Å²) in [4.78, 5) is 0. The van der Waals surface area contributed by atoms with Gasteiger partial charge in [0, 0.05) is 4.47 Å². The molecular formula is C19H19BrClNO2S. The van der Waals surface area contributed by atoms with E-state index >= 15 is 0 Å². The predicted octanol–water partition coefficient (Wildman–Crippen LogP) is 5.39. The van der Waals surface area contributed by atoms with Crippen molar-refractivity contribution in [2.45, 2.75) is 13.0 Å². The fourth-order valence-corrected chi connectivity index (χ4v) is 4.18. The predicted molar refractivity (Wildman–Crippen MR) is 109 cm³/mol. The molecule has 0 atom stereocenters. The first-order valence-electron chi connectivity index (χ1n) is 7.60. The molecule has 0 saturated carbocycles. The molecule has 0 unspecified atom stereocenters. The van der Waals surface area contributed by atoms with Crippen molar-refractivity contribution in [1.29, 1.82) is 0 Å². The Bertz CT molecular complexity index is 879. The standard InChI is InChI=1S/C19H19BrClNO2S/c1-3-8-18(16-11-7-12-17(20)13-16)19(21)22(25(2,23)24)14-15-9-5-4-6-10-15/h3-7,9-13H,1,8,14H2,2H3/b19-18-. The number of hydrogen-bond donors (Lipinski definition) is 0. The lowest BCUT2D eigenvalue weighted by Gasteiger charge is -2.24. The number of halogens is 2. The molecule has 0 aromatic heterocycles. The Kier molecular flexibility index (Phi) is 6.87. The van der Waals surface area contributed by atoms with Crippen LogP contribution in [0.25, 0.3) is 5.57 Å². The number of rotatable bonds is 7. The van der Waals surface area contributed by atoms with E-state index in [1.54, 1.807) is 6.08 Å².